The lowest BCUT2D eigenvalue weighted by molar-refractivity contribution is 0.107. The van der Waals surface area contributed by atoms with E-state index >= 15 is 8.78 Å². The van der Waals surface area contributed by atoms with Gasteiger partial charge in [-0.15, -0.1) is 11.3 Å². The topological polar surface area (TPSA) is 103 Å². The van der Waals surface area contributed by atoms with Crippen LogP contribution in [0, 0.1) is 28.8 Å². The van der Waals surface area contributed by atoms with Crippen molar-refractivity contribution in [3.05, 3.63) is 53.4 Å². The Morgan fingerprint density at radius 2 is 2.02 bits per heavy atom. The smallest absolute Gasteiger partial charge is 0.319 e. The third-order valence-electron chi connectivity index (χ3n) is 10.3. The number of fused-ring (bicyclic) bond motifs is 5. The zero-order valence-electron chi connectivity index (χ0n) is 25.4. The molecule has 6 heterocycles. The standard InChI is InChI=1S/C33H29F6N7OS/c34-16-9-33(5-1-7-46(33)12-16)15-47-31-42-27-19(30(43-31)45-13-17-4-6-32(14-45,44-17)10-23(37)38)8-22(36)25(26(27)39)18-2-3-21(35)28-24(18)20(11-40)29(41)48-28/h2-3,8,10,16-17,44H,1,4-7,9,12-15,41H2/t16-,17-,32-,33+/m1/s1. The first kappa shape index (κ1) is 31.2. The molecule has 250 valence electrons. The number of nitriles is 1. The second kappa shape index (κ2) is 11.2. The van der Waals surface area contributed by atoms with Gasteiger partial charge in [0.25, 0.3) is 6.08 Å². The van der Waals surface area contributed by atoms with Gasteiger partial charge in [-0.3, -0.25) is 4.90 Å². The summed E-state index contributed by atoms with van der Waals surface area (Å²) in [5, 5.41) is 13.0. The molecule has 0 aliphatic carbocycles. The molecular formula is C33H29F6N7OS. The highest BCUT2D eigenvalue weighted by molar-refractivity contribution is 7.23. The van der Waals surface area contributed by atoms with Crippen LogP contribution in [0.4, 0.5) is 37.2 Å². The lowest BCUT2D eigenvalue weighted by atomic mass is 9.95. The van der Waals surface area contributed by atoms with E-state index in [0.717, 1.165) is 42.5 Å². The van der Waals surface area contributed by atoms with Gasteiger partial charge < -0.3 is 20.7 Å². The van der Waals surface area contributed by atoms with E-state index in [2.05, 4.69) is 15.3 Å². The second-order valence-electron chi connectivity index (χ2n) is 13.2. The summed E-state index contributed by atoms with van der Waals surface area (Å²) in [6.45, 7) is 1.40. The van der Waals surface area contributed by atoms with Crippen molar-refractivity contribution in [3.63, 3.8) is 0 Å². The summed E-state index contributed by atoms with van der Waals surface area (Å²) < 4.78 is 95.6. The molecule has 2 aromatic heterocycles. The minimum absolute atomic E-state index is 0.00421. The first-order chi connectivity index (χ1) is 23.0. The fourth-order valence-corrected chi connectivity index (χ4v) is 9.26. The highest BCUT2D eigenvalue weighted by Gasteiger charge is 2.50. The number of benzene rings is 2. The van der Waals surface area contributed by atoms with Gasteiger partial charge in [-0.2, -0.15) is 24.0 Å². The fourth-order valence-electron chi connectivity index (χ4n) is 8.31. The maximum absolute atomic E-state index is 16.8. The van der Waals surface area contributed by atoms with Gasteiger partial charge in [-0.05, 0) is 49.9 Å². The Labute approximate surface area is 274 Å². The van der Waals surface area contributed by atoms with Crippen LogP contribution in [0.25, 0.3) is 32.1 Å². The summed E-state index contributed by atoms with van der Waals surface area (Å²) in [5.41, 5.74) is 3.29. The van der Waals surface area contributed by atoms with Gasteiger partial charge in [0, 0.05) is 48.9 Å². The monoisotopic (exact) mass is 685 g/mol. The SMILES string of the molecule is N#Cc1c(N)sc2c(F)ccc(-c3c(F)cc4c(N5C[C@H]6CC[C@@](C=C(F)F)(C5)N6)nc(OC[C@@]56CCCN5C[C@H](F)C6)nc4c3F)c12. The van der Waals surface area contributed by atoms with E-state index in [1.165, 1.54) is 6.07 Å². The van der Waals surface area contributed by atoms with Gasteiger partial charge in [-0.1, -0.05) is 6.07 Å². The van der Waals surface area contributed by atoms with Gasteiger partial charge in [0.1, 0.15) is 46.8 Å². The minimum atomic E-state index is -1.84. The molecule has 0 unspecified atom stereocenters. The van der Waals surface area contributed by atoms with E-state index in [1.54, 1.807) is 4.90 Å². The number of ether oxygens (including phenoxy) is 1. The Kier molecular flexibility index (Phi) is 7.28. The van der Waals surface area contributed by atoms with E-state index < -0.39 is 46.3 Å². The lowest BCUT2D eigenvalue weighted by Gasteiger charge is -2.40. The number of piperazine rings is 1. The molecule has 4 saturated heterocycles. The van der Waals surface area contributed by atoms with Crippen LogP contribution in [-0.4, -0.2) is 70.9 Å². The Morgan fingerprint density at radius 3 is 2.81 bits per heavy atom. The van der Waals surface area contributed by atoms with Gasteiger partial charge in [-0.25, -0.2) is 17.6 Å². The van der Waals surface area contributed by atoms with Gasteiger partial charge in [0.15, 0.2) is 5.82 Å². The zero-order valence-corrected chi connectivity index (χ0v) is 26.2. The van der Waals surface area contributed by atoms with Crippen LogP contribution in [0.1, 0.15) is 37.7 Å². The molecule has 48 heavy (non-hydrogen) atoms. The number of anilines is 2. The van der Waals surface area contributed by atoms with Crippen LogP contribution in [-0.2, 0) is 0 Å². The number of rotatable bonds is 6. The number of nitrogen functional groups attached to an aromatic ring is 1. The quantitative estimate of drug-likeness (QED) is 0.224. The molecule has 3 N–H and O–H groups in total. The van der Waals surface area contributed by atoms with Crippen molar-refractivity contribution in [3.8, 4) is 23.2 Å². The number of halogens is 6. The van der Waals surface area contributed by atoms with Crippen LogP contribution in [0.2, 0.25) is 0 Å². The van der Waals surface area contributed by atoms with Crippen LogP contribution in [0.3, 0.4) is 0 Å². The van der Waals surface area contributed by atoms with E-state index in [9.17, 15) is 22.8 Å². The Morgan fingerprint density at radius 1 is 1.19 bits per heavy atom. The fraction of sp³-hybridized carbons (Fsp3) is 0.424. The first-order valence-corrected chi connectivity index (χ1v) is 16.5. The maximum atomic E-state index is 16.8. The van der Waals surface area contributed by atoms with E-state index in [0.29, 0.717) is 25.8 Å². The summed E-state index contributed by atoms with van der Waals surface area (Å²) in [7, 11) is 0. The highest BCUT2D eigenvalue weighted by atomic mass is 32.1. The molecule has 0 saturated carbocycles. The van der Waals surface area contributed by atoms with E-state index in [-0.39, 0.29) is 81.1 Å². The first-order valence-electron chi connectivity index (χ1n) is 15.7. The van der Waals surface area contributed by atoms with Crippen LogP contribution >= 0.6 is 11.3 Å². The van der Waals surface area contributed by atoms with E-state index in [4.69, 9.17) is 10.5 Å². The van der Waals surface area contributed by atoms with Crippen molar-refractivity contribution in [1.82, 2.24) is 20.2 Å². The van der Waals surface area contributed by atoms with Crippen molar-refractivity contribution in [2.45, 2.75) is 55.4 Å². The van der Waals surface area contributed by atoms with Crippen molar-refractivity contribution in [2.24, 2.45) is 0 Å². The number of aromatic nitrogens is 2. The third kappa shape index (κ3) is 4.87. The second-order valence-corrected chi connectivity index (χ2v) is 14.3. The lowest BCUT2D eigenvalue weighted by Crippen LogP contribution is -2.59. The van der Waals surface area contributed by atoms with Gasteiger partial charge in [0.05, 0.1) is 26.9 Å². The van der Waals surface area contributed by atoms with E-state index in [1.807, 2.05) is 11.0 Å². The largest absolute Gasteiger partial charge is 0.461 e. The number of nitrogens with one attached hydrogen (secondary N) is 1. The molecule has 2 aromatic carbocycles. The summed E-state index contributed by atoms with van der Waals surface area (Å²) in [6.07, 6.45) is 0.885. The van der Waals surface area contributed by atoms with Crippen molar-refractivity contribution in [2.75, 3.05) is 43.4 Å². The number of hydrogen-bond acceptors (Lipinski definition) is 9. The molecular weight excluding hydrogens is 656 g/mol. The molecule has 4 aliphatic rings. The summed E-state index contributed by atoms with van der Waals surface area (Å²) >= 11 is 0.802. The van der Waals surface area contributed by atoms with Crippen LogP contribution < -0.4 is 20.7 Å². The normalized spacial score (nSPS) is 26.7. The molecule has 8 nitrogen and oxygen atoms in total. The third-order valence-corrected chi connectivity index (χ3v) is 11.3. The summed E-state index contributed by atoms with van der Waals surface area (Å²) in [5.74, 6) is -2.73. The average Bonchev–Trinajstić information content (AvgIpc) is 3.75. The molecule has 0 amide bonds. The van der Waals surface area contributed by atoms with Gasteiger partial charge in [0.2, 0.25) is 0 Å². The molecule has 8 rings (SSSR count). The van der Waals surface area contributed by atoms with Crippen molar-refractivity contribution in [1.29, 1.82) is 5.26 Å². The molecule has 2 bridgehead atoms. The minimum Gasteiger partial charge on any atom is -0.461 e. The Hall–Kier alpha value is -4.13. The maximum Gasteiger partial charge on any atom is 0.319 e. The number of nitrogens with zero attached hydrogens (tertiary/aromatic N) is 5. The van der Waals surface area contributed by atoms with Crippen molar-refractivity contribution < 1.29 is 31.1 Å². The molecule has 15 heteroatoms. The Bertz CT molecular complexity index is 2060. The predicted octanol–water partition coefficient (Wildman–Crippen LogP) is 6.43. The highest BCUT2D eigenvalue weighted by Crippen LogP contribution is 2.45. The molecule has 4 fully saturated rings. The zero-order chi connectivity index (χ0) is 33.5. The number of alkyl halides is 1. The number of hydrogen-bond donors (Lipinski definition) is 2. The van der Waals surface area contributed by atoms with Crippen molar-refractivity contribution >= 4 is 43.1 Å². The van der Waals surface area contributed by atoms with Crippen LogP contribution in [0.15, 0.2) is 30.4 Å². The Balaban J connectivity index is 1.30. The molecule has 4 aliphatic heterocycles. The molecule has 4 atom stereocenters. The van der Waals surface area contributed by atoms with Crippen LogP contribution in [0.5, 0.6) is 6.01 Å². The molecule has 0 spiro atoms. The number of thiophene rings is 1. The molecule has 4 aromatic rings. The molecule has 0 radical (unpaired) electrons. The summed E-state index contributed by atoms with van der Waals surface area (Å²) in [4.78, 5) is 12.7. The average molecular weight is 686 g/mol. The summed E-state index contributed by atoms with van der Waals surface area (Å²) in [6, 6.07) is 4.80. The van der Waals surface area contributed by atoms with Gasteiger partial charge >= 0.3 is 6.01 Å². The number of nitrogens with two attached hydrogens (primary N) is 1. The predicted molar refractivity (Wildman–Crippen MR) is 169 cm³/mol.